The summed E-state index contributed by atoms with van der Waals surface area (Å²) in [5.74, 6) is 0.741. The molecule has 2 heterocycles. The summed E-state index contributed by atoms with van der Waals surface area (Å²) >= 11 is 6.02. The number of nitrogens with zero attached hydrogens (tertiary/aromatic N) is 3. The normalized spacial score (nSPS) is 18.7. The van der Waals surface area contributed by atoms with Crippen LogP contribution < -0.4 is 10.6 Å². The number of carbonyl (C=O) groups excluding carboxylic acids is 1. The highest BCUT2D eigenvalue weighted by molar-refractivity contribution is 6.30. The number of aromatic nitrogens is 3. The number of hydrogen-bond donors (Lipinski definition) is 2. The van der Waals surface area contributed by atoms with Gasteiger partial charge in [0.05, 0.1) is 12.1 Å². The molecule has 1 amide bonds. The Hall–Kier alpha value is -2.86. The minimum absolute atomic E-state index is 0.0168. The summed E-state index contributed by atoms with van der Waals surface area (Å²) in [6, 6.07) is 18.1. The van der Waals surface area contributed by atoms with E-state index in [0.29, 0.717) is 16.9 Å². The van der Waals surface area contributed by atoms with Crippen molar-refractivity contribution in [3.05, 3.63) is 70.7 Å². The minimum Gasteiger partial charge on any atom is -0.347 e. The Morgan fingerprint density at radius 1 is 1.15 bits per heavy atom. The third kappa shape index (κ3) is 3.28. The predicted octanol–water partition coefficient (Wildman–Crippen LogP) is 4.04. The molecule has 1 aliphatic heterocycles. The van der Waals surface area contributed by atoms with Crippen LogP contribution in [-0.4, -0.2) is 20.7 Å². The first kappa shape index (κ1) is 16.6. The number of fused-ring (bicyclic) bond motifs is 1. The molecule has 2 atom stereocenters. The van der Waals surface area contributed by atoms with E-state index in [1.54, 1.807) is 0 Å². The van der Waals surface area contributed by atoms with Gasteiger partial charge >= 0.3 is 0 Å². The highest BCUT2D eigenvalue weighted by Crippen LogP contribution is 2.38. The van der Waals surface area contributed by atoms with Gasteiger partial charge in [0.15, 0.2) is 0 Å². The number of amides is 1. The summed E-state index contributed by atoms with van der Waals surface area (Å²) < 4.78 is 1.84. The highest BCUT2D eigenvalue weighted by Gasteiger charge is 2.31. The number of anilines is 2. The maximum Gasteiger partial charge on any atom is 0.250 e. The van der Waals surface area contributed by atoms with Crippen molar-refractivity contribution in [3.8, 4) is 0 Å². The average molecular weight is 368 g/mol. The van der Waals surface area contributed by atoms with Gasteiger partial charge in [-0.15, -0.1) is 5.10 Å². The van der Waals surface area contributed by atoms with Crippen molar-refractivity contribution < 1.29 is 4.79 Å². The molecule has 0 bridgehead atoms. The van der Waals surface area contributed by atoms with Gasteiger partial charge in [0, 0.05) is 11.9 Å². The van der Waals surface area contributed by atoms with Crippen LogP contribution in [0.5, 0.6) is 0 Å². The van der Waals surface area contributed by atoms with Crippen molar-refractivity contribution in [1.29, 1.82) is 0 Å². The summed E-state index contributed by atoms with van der Waals surface area (Å²) in [7, 11) is 0. The van der Waals surface area contributed by atoms with Crippen LogP contribution in [0.4, 0.5) is 11.9 Å². The molecule has 0 fully saturated rings. The Morgan fingerprint density at radius 3 is 2.58 bits per heavy atom. The lowest BCUT2D eigenvalue weighted by Crippen LogP contribution is -2.28. The fourth-order valence-corrected chi connectivity index (χ4v) is 3.38. The molecular formula is C19H18ClN5O. The molecule has 6 nitrogen and oxygen atoms in total. The third-order valence-electron chi connectivity index (χ3n) is 4.43. The van der Waals surface area contributed by atoms with Crippen LogP contribution in [0.15, 0.2) is 54.6 Å². The second kappa shape index (κ2) is 6.80. The first-order valence-electron chi connectivity index (χ1n) is 8.41. The minimum atomic E-state index is -0.196. The van der Waals surface area contributed by atoms with Gasteiger partial charge in [-0.25, -0.2) is 4.68 Å². The second-order valence-electron chi connectivity index (χ2n) is 6.30. The van der Waals surface area contributed by atoms with Gasteiger partial charge in [-0.05, 0) is 29.7 Å². The molecule has 1 aliphatic rings. The van der Waals surface area contributed by atoms with Gasteiger partial charge < -0.3 is 5.32 Å². The number of nitrogens with one attached hydrogen (secondary N) is 2. The third-order valence-corrected chi connectivity index (χ3v) is 4.69. The fourth-order valence-electron chi connectivity index (χ4n) is 3.25. The molecule has 0 aliphatic carbocycles. The van der Waals surface area contributed by atoms with E-state index in [2.05, 4.69) is 32.8 Å². The van der Waals surface area contributed by atoms with Crippen LogP contribution >= 0.6 is 11.6 Å². The molecule has 4 rings (SSSR count). The monoisotopic (exact) mass is 367 g/mol. The van der Waals surface area contributed by atoms with Gasteiger partial charge in [-0.3, -0.25) is 10.1 Å². The lowest BCUT2D eigenvalue weighted by Gasteiger charge is -2.31. The standard InChI is InChI=1S/C19H18ClN5O/c1-12(26)21-18-23-19-22-16(13-7-9-15(20)10-8-13)11-17(25(19)24-18)14-5-3-2-4-6-14/h2-10,16-17H,11H2,1H3,(H2,21,22,23,24,26)/t16-,17-/m1/s1. The maximum atomic E-state index is 11.4. The number of halogens is 1. The number of rotatable bonds is 3. The van der Waals surface area contributed by atoms with E-state index in [9.17, 15) is 4.79 Å². The molecule has 3 aromatic rings. The zero-order chi connectivity index (χ0) is 18.1. The van der Waals surface area contributed by atoms with E-state index in [-0.39, 0.29) is 18.0 Å². The molecule has 26 heavy (non-hydrogen) atoms. The van der Waals surface area contributed by atoms with Crippen molar-refractivity contribution in [2.75, 3.05) is 10.6 Å². The topological polar surface area (TPSA) is 71.8 Å². The molecule has 2 aromatic carbocycles. The van der Waals surface area contributed by atoms with Gasteiger partial charge in [0.1, 0.15) is 0 Å². The van der Waals surface area contributed by atoms with Crippen molar-refractivity contribution in [2.45, 2.75) is 25.4 Å². The highest BCUT2D eigenvalue weighted by atomic mass is 35.5. The summed E-state index contributed by atoms with van der Waals surface area (Å²) in [5.41, 5.74) is 2.28. The van der Waals surface area contributed by atoms with Crippen LogP contribution in [0.1, 0.15) is 36.6 Å². The van der Waals surface area contributed by atoms with Crippen LogP contribution in [0, 0.1) is 0 Å². The van der Waals surface area contributed by atoms with Gasteiger partial charge in [0.2, 0.25) is 11.9 Å². The molecule has 132 valence electrons. The van der Waals surface area contributed by atoms with Crippen molar-refractivity contribution >= 4 is 29.4 Å². The molecule has 0 spiro atoms. The summed E-state index contributed by atoms with van der Waals surface area (Å²) in [6.07, 6.45) is 0.807. The molecule has 0 saturated heterocycles. The summed E-state index contributed by atoms with van der Waals surface area (Å²) in [5, 5.41) is 11.3. The Bertz CT molecular complexity index is 923. The first-order valence-corrected chi connectivity index (χ1v) is 8.79. The van der Waals surface area contributed by atoms with Crippen LogP contribution in [0.2, 0.25) is 5.02 Å². The van der Waals surface area contributed by atoms with Crippen molar-refractivity contribution in [3.63, 3.8) is 0 Å². The van der Waals surface area contributed by atoms with E-state index < -0.39 is 0 Å². The first-order chi connectivity index (χ1) is 12.6. The van der Waals surface area contributed by atoms with Gasteiger partial charge in [-0.2, -0.15) is 4.98 Å². The summed E-state index contributed by atoms with van der Waals surface area (Å²) in [6.45, 7) is 1.44. The largest absolute Gasteiger partial charge is 0.347 e. The summed E-state index contributed by atoms with van der Waals surface area (Å²) in [4.78, 5) is 15.8. The molecule has 2 N–H and O–H groups in total. The lowest BCUT2D eigenvalue weighted by atomic mass is 9.93. The molecule has 7 heteroatoms. The van der Waals surface area contributed by atoms with Crippen molar-refractivity contribution in [1.82, 2.24) is 14.8 Å². The van der Waals surface area contributed by atoms with E-state index in [4.69, 9.17) is 11.6 Å². The second-order valence-corrected chi connectivity index (χ2v) is 6.73. The van der Waals surface area contributed by atoms with E-state index >= 15 is 0 Å². The van der Waals surface area contributed by atoms with Gasteiger partial charge in [0.25, 0.3) is 5.95 Å². The molecule has 0 radical (unpaired) electrons. The van der Waals surface area contributed by atoms with E-state index in [1.165, 1.54) is 6.92 Å². The average Bonchev–Trinajstić information content (AvgIpc) is 3.03. The lowest BCUT2D eigenvalue weighted by molar-refractivity contribution is -0.114. The Labute approximate surface area is 156 Å². The quantitative estimate of drug-likeness (QED) is 0.733. The number of benzene rings is 2. The zero-order valence-corrected chi connectivity index (χ0v) is 14.9. The van der Waals surface area contributed by atoms with E-state index in [1.807, 2.05) is 47.1 Å². The molecular weight excluding hydrogens is 350 g/mol. The van der Waals surface area contributed by atoms with E-state index in [0.717, 1.165) is 17.5 Å². The molecule has 1 aromatic heterocycles. The number of carbonyl (C=O) groups is 1. The Kier molecular flexibility index (Phi) is 4.34. The zero-order valence-electron chi connectivity index (χ0n) is 14.2. The molecule has 0 unspecified atom stereocenters. The SMILES string of the molecule is CC(=O)Nc1nc2n(n1)[C@@H](c1ccccc1)C[C@H](c1ccc(Cl)cc1)N2. The maximum absolute atomic E-state index is 11.4. The molecule has 0 saturated carbocycles. The van der Waals surface area contributed by atoms with Crippen LogP contribution in [0.25, 0.3) is 0 Å². The van der Waals surface area contributed by atoms with Crippen molar-refractivity contribution in [2.24, 2.45) is 0 Å². The smallest absolute Gasteiger partial charge is 0.250 e. The number of hydrogen-bond acceptors (Lipinski definition) is 4. The van der Waals surface area contributed by atoms with Crippen LogP contribution in [-0.2, 0) is 4.79 Å². The van der Waals surface area contributed by atoms with Gasteiger partial charge in [-0.1, -0.05) is 54.1 Å². The van der Waals surface area contributed by atoms with Crippen LogP contribution in [0.3, 0.4) is 0 Å². The Morgan fingerprint density at radius 2 is 1.88 bits per heavy atom. The Balaban J connectivity index is 1.74. The predicted molar refractivity (Wildman–Crippen MR) is 101 cm³/mol. The fraction of sp³-hybridized carbons (Fsp3) is 0.211.